The van der Waals surface area contributed by atoms with Crippen LogP contribution in [0, 0.1) is 12.3 Å². The highest BCUT2D eigenvalue weighted by Crippen LogP contribution is 2.38. The molecule has 3 aromatic rings. The maximum absolute atomic E-state index is 13.3. The van der Waals surface area contributed by atoms with E-state index in [1.807, 2.05) is 0 Å². The average Bonchev–Trinajstić information content (AvgIpc) is 3.24. The SMILES string of the molecule is CSc1sc(C(=N)N)cc1S(=O)(=O)c1cccc(-c2c(C)cccc2C(=O)O)c1.O=C(O)C(F)(F)F. The summed E-state index contributed by atoms with van der Waals surface area (Å²) in [6, 6.07) is 12.6. The number of hydrogen-bond donors (Lipinski definition) is 4. The number of nitrogens with two attached hydrogens (primary N) is 1. The Balaban J connectivity index is 0.000000572. The number of sulfone groups is 1. The lowest BCUT2D eigenvalue weighted by molar-refractivity contribution is -0.192. The number of halogens is 3. The number of amidine groups is 1. The van der Waals surface area contributed by atoms with Crippen molar-refractivity contribution in [1.82, 2.24) is 0 Å². The number of thioether (sulfide) groups is 1. The molecule has 5 N–H and O–H groups in total. The van der Waals surface area contributed by atoms with Gasteiger partial charge in [0.1, 0.15) is 5.84 Å². The monoisotopic (exact) mass is 560 g/mol. The van der Waals surface area contributed by atoms with Crippen molar-refractivity contribution in [2.45, 2.75) is 27.1 Å². The van der Waals surface area contributed by atoms with Crippen molar-refractivity contribution in [1.29, 1.82) is 5.41 Å². The fourth-order valence-corrected chi connectivity index (χ4v) is 6.90. The van der Waals surface area contributed by atoms with Gasteiger partial charge in [0.05, 0.1) is 24.4 Å². The van der Waals surface area contributed by atoms with Gasteiger partial charge in [-0.25, -0.2) is 18.0 Å². The van der Waals surface area contributed by atoms with Crippen molar-refractivity contribution >= 4 is 50.7 Å². The molecule has 3 rings (SSSR count). The number of benzene rings is 2. The molecule has 0 aliphatic heterocycles. The molecule has 2 aromatic carbocycles. The normalized spacial score (nSPS) is 11.4. The van der Waals surface area contributed by atoms with Crippen molar-refractivity contribution in [3.8, 4) is 11.1 Å². The minimum absolute atomic E-state index is 0.0535. The quantitative estimate of drug-likeness (QED) is 0.188. The van der Waals surface area contributed by atoms with E-state index in [1.165, 1.54) is 36.0 Å². The van der Waals surface area contributed by atoms with Crippen molar-refractivity contribution < 1.29 is 41.4 Å². The molecule has 0 saturated heterocycles. The van der Waals surface area contributed by atoms with Crippen LogP contribution in [0.4, 0.5) is 13.2 Å². The van der Waals surface area contributed by atoms with Crippen LogP contribution in [0.5, 0.6) is 0 Å². The number of rotatable bonds is 6. The maximum atomic E-state index is 13.3. The Kier molecular flexibility index (Phi) is 8.93. The number of aliphatic carboxylic acids is 1. The number of aryl methyl sites for hydroxylation is 1. The number of carbonyl (C=O) groups is 2. The molecule has 0 amide bonds. The van der Waals surface area contributed by atoms with Crippen molar-refractivity contribution in [3.05, 3.63) is 64.5 Å². The van der Waals surface area contributed by atoms with E-state index < -0.39 is 28.0 Å². The minimum atomic E-state index is -5.08. The maximum Gasteiger partial charge on any atom is 0.490 e. The van der Waals surface area contributed by atoms with Gasteiger partial charge in [-0.05, 0) is 54.1 Å². The fraction of sp³-hybridized carbons (Fsp3) is 0.136. The molecule has 36 heavy (non-hydrogen) atoms. The summed E-state index contributed by atoms with van der Waals surface area (Å²) in [7, 11) is -3.88. The highest BCUT2D eigenvalue weighted by Gasteiger charge is 2.38. The summed E-state index contributed by atoms with van der Waals surface area (Å²) in [6.07, 6.45) is -3.32. The van der Waals surface area contributed by atoms with Gasteiger partial charge in [-0.3, -0.25) is 5.41 Å². The van der Waals surface area contributed by atoms with Crippen LogP contribution in [0.3, 0.4) is 0 Å². The number of nitrogens with one attached hydrogen (secondary N) is 1. The smallest absolute Gasteiger partial charge is 0.478 e. The summed E-state index contributed by atoms with van der Waals surface area (Å²) >= 11 is 2.43. The lowest BCUT2D eigenvalue weighted by Crippen LogP contribution is -2.21. The molecule has 0 radical (unpaired) electrons. The second-order valence-electron chi connectivity index (χ2n) is 7.02. The first-order valence-corrected chi connectivity index (χ1v) is 13.1. The Morgan fingerprint density at radius 2 is 1.67 bits per heavy atom. The van der Waals surface area contributed by atoms with Gasteiger partial charge in [-0.1, -0.05) is 24.3 Å². The highest BCUT2D eigenvalue weighted by molar-refractivity contribution is 8.01. The lowest BCUT2D eigenvalue weighted by Gasteiger charge is -2.12. The minimum Gasteiger partial charge on any atom is -0.478 e. The number of hydrogen-bond acceptors (Lipinski definition) is 7. The summed E-state index contributed by atoms with van der Waals surface area (Å²) in [5.74, 6) is -4.02. The molecule has 0 aliphatic rings. The molecule has 0 bridgehead atoms. The van der Waals surface area contributed by atoms with E-state index in [0.29, 0.717) is 20.2 Å². The molecule has 0 spiro atoms. The van der Waals surface area contributed by atoms with E-state index in [1.54, 1.807) is 37.4 Å². The second-order valence-corrected chi connectivity index (χ2v) is 11.1. The Labute approximate surface area is 212 Å². The van der Waals surface area contributed by atoms with Gasteiger partial charge in [0.25, 0.3) is 0 Å². The van der Waals surface area contributed by atoms with E-state index in [9.17, 15) is 31.5 Å². The Morgan fingerprint density at radius 1 is 1.08 bits per heavy atom. The number of carboxylic acid groups (broad SMARTS) is 2. The molecule has 192 valence electrons. The van der Waals surface area contributed by atoms with Crippen LogP contribution in [0.2, 0.25) is 0 Å². The number of thiophene rings is 1. The molecular weight excluding hydrogens is 541 g/mol. The summed E-state index contributed by atoms with van der Waals surface area (Å²) in [4.78, 5) is 21.1. The molecule has 1 heterocycles. The molecular formula is C22H19F3N2O6S3. The number of aromatic carboxylic acids is 1. The lowest BCUT2D eigenvalue weighted by atomic mass is 9.95. The number of nitrogen functional groups attached to an aromatic ring is 1. The first-order valence-electron chi connectivity index (χ1n) is 9.62. The predicted octanol–water partition coefficient (Wildman–Crippen LogP) is 4.89. The molecule has 0 unspecified atom stereocenters. The fourth-order valence-electron chi connectivity index (χ4n) is 2.99. The topological polar surface area (TPSA) is 159 Å². The number of carboxylic acids is 2. The predicted molar refractivity (Wildman–Crippen MR) is 130 cm³/mol. The van der Waals surface area contributed by atoms with Crippen LogP contribution in [0.25, 0.3) is 11.1 Å². The van der Waals surface area contributed by atoms with E-state index in [-0.39, 0.29) is 21.2 Å². The van der Waals surface area contributed by atoms with Crippen molar-refractivity contribution in [2.24, 2.45) is 5.73 Å². The van der Waals surface area contributed by atoms with Gasteiger partial charge >= 0.3 is 18.1 Å². The summed E-state index contributed by atoms with van der Waals surface area (Å²) in [5.41, 5.74) is 7.37. The Bertz CT molecular complexity index is 1430. The van der Waals surface area contributed by atoms with Gasteiger partial charge in [-0.15, -0.1) is 23.1 Å². The standard InChI is InChI=1S/C20H18N2O4S3.C2HF3O2/c1-11-5-3-8-14(19(23)24)17(11)12-6-4-7-13(9-12)29(25,26)16-10-15(18(21)22)28-20(16)27-2;3-2(4,5)1(6)7/h3-10H,1-2H3,(H3,21,22)(H,23,24);(H,6,7). The largest absolute Gasteiger partial charge is 0.490 e. The van der Waals surface area contributed by atoms with E-state index in [0.717, 1.165) is 16.9 Å². The van der Waals surface area contributed by atoms with E-state index in [4.69, 9.17) is 21.0 Å². The molecule has 0 atom stereocenters. The molecule has 8 nitrogen and oxygen atoms in total. The molecule has 0 saturated carbocycles. The Hall–Kier alpha value is -3.36. The molecule has 14 heteroatoms. The van der Waals surface area contributed by atoms with Gasteiger partial charge in [0, 0.05) is 0 Å². The third-order valence-electron chi connectivity index (χ3n) is 4.59. The van der Waals surface area contributed by atoms with E-state index in [2.05, 4.69) is 0 Å². The Morgan fingerprint density at radius 3 is 2.17 bits per heavy atom. The van der Waals surface area contributed by atoms with Crippen LogP contribution in [0.1, 0.15) is 20.8 Å². The van der Waals surface area contributed by atoms with Crippen LogP contribution in [0.15, 0.2) is 62.5 Å². The van der Waals surface area contributed by atoms with E-state index >= 15 is 0 Å². The van der Waals surface area contributed by atoms with Crippen molar-refractivity contribution in [3.63, 3.8) is 0 Å². The third-order valence-corrected chi connectivity index (χ3v) is 8.92. The zero-order valence-corrected chi connectivity index (χ0v) is 21.0. The molecule has 1 aromatic heterocycles. The average molecular weight is 561 g/mol. The van der Waals surface area contributed by atoms with Gasteiger partial charge in [0.15, 0.2) is 0 Å². The van der Waals surface area contributed by atoms with Crippen molar-refractivity contribution in [2.75, 3.05) is 6.26 Å². The molecule has 0 fully saturated rings. The van der Waals surface area contributed by atoms with Crippen LogP contribution < -0.4 is 5.73 Å². The zero-order chi connectivity index (χ0) is 27.4. The summed E-state index contributed by atoms with van der Waals surface area (Å²) in [5, 5.41) is 24.2. The van der Waals surface area contributed by atoms with Gasteiger partial charge < -0.3 is 15.9 Å². The summed E-state index contributed by atoms with van der Waals surface area (Å²) < 4.78 is 58.9. The first-order chi connectivity index (χ1) is 16.6. The second kappa shape index (κ2) is 11.1. The van der Waals surface area contributed by atoms with Crippen LogP contribution in [-0.4, -0.2) is 48.8 Å². The highest BCUT2D eigenvalue weighted by atomic mass is 32.2. The van der Waals surface area contributed by atoms with Crippen LogP contribution >= 0.6 is 23.1 Å². The van der Waals surface area contributed by atoms with Crippen LogP contribution in [-0.2, 0) is 14.6 Å². The van der Waals surface area contributed by atoms with Gasteiger partial charge in [-0.2, -0.15) is 13.2 Å². The third kappa shape index (κ3) is 6.44. The number of alkyl halides is 3. The first kappa shape index (κ1) is 28.9. The van der Waals surface area contributed by atoms with Gasteiger partial charge in [0.2, 0.25) is 9.84 Å². The summed E-state index contributed by atoms with van der Waals surface area (Å²) in [6.45, 7) is 1.78. The molecule has 0 aliphatic carbocycles. The zero-order valence-electron chi connectivity index (χ0n) is 18.6.